The maximum Gasteiger partial charge on any atom is 0.258 e. The van der Waals surface area contributed by atoms with Gasteiger partial charge in [-0.1, -0.05) is 12.1 Å². The zero-order valence-electron chi connectivity index (χ0n) is 12.0. The molecule has 0 spiro atoms. The van der Waals surface area contributed by atoms with Crippen molar-refractivity contribution >= 4 is 21.1 Å². The summed E-state index contributed by atoms with van der Waals surface area (Å²) < 4.78 is 32.0. The second kappa shape index (κ2) is 5.36. The van der Waals surface area contributed by atoms with Gasteiger partial charge in [-0.05, 0) is 19.4 Å². The van der Waals surface area contributed by atoms with Crippen LogP contribution < -0.4 is 5.32 Å². The van der Waals surface area contributed by atoms with Gasteiger partial charge >= 0.3 is 0 Å². The smallest absolute Gasteiger partial charge is 0.258 e. The van der Waals surface area contributed by atoms with Crippen LogP contribution in [0.25, 0.3) is 11.1 Å². The Kier molecular flexibility index (Phi) is 3.68. The minimum absolute atomic E-state index is 0.145. The standard InChI is InChI=1S/C13H18N4O3S/c1-3-12-11-6-10(7-15-13(11)20-16-12)21(18,19)17-5-4-14-9(2)8-17/h6-7,9,14H,3-5,8H2,1-2H3. The van der Waals surface area contributed by atoms with Crippen molar-refractivity contribution in [1.82, 2.24) is 19.8 Å². The number of piperazine rings is 1. The quantitative estimate of drug-likeness (QED) is 0.901. The van der Waals surface area contributed by atoms with Crippen LogP contribution in [0.5, 0.6) is 0 Å². The van der Waals surface area contributed by atoms with Crippen molar-refractivity contribution in [2.75, 3.05) is 19.6 Å². The van der Waals surface area contributed by atoms with E-state index < -0.39 is 10.0 Å². The molecule has 2 aromatic rings. The number of nitrogens with one attached hydrogen (secondary N) is 1. The first-order valence-electron chi connectivity index (χ1n) is 7.00. The van der Waals surface area contributed by atoms with Crippen LogP contribution in [0.4, 0.5) is 0 Å². The van der Waals surface area contributed by atoms with Crippen molar-refractivity contribution in [1.29, 1.82) is 0 Å². The first-order valence-corrected chi connectivity index (χ1v) is 8.44. The fourth-order valence-corrected chi connectivity index (χ4v) is 4.02. The van der Waals surface area contributed by atoms with Crippen LogP contribution >= 0.6 is 0 Å². The van der Waals surface area contributed by atoms with Gasteiger partial charge < -0.3 is 9.84 Å². The normalized spacial score (nSPS) is 21.0. The van der Waals surface area contributed by atoms with Gasteiger partial charge in [0.05, 0.1) is 17.3 Å². The predicted octanol–water partition coefficient (Wildman–Crippen LogP) is 0.768. The zero-order chi connectivity index (χ0) is 15.0. The van der Waals surface area contributed by atoms with E-state index in [0.29, 0.717) is 37.2 Å². The van der Waals surface area contributed by atoms with E-state index >= 15 is 0 Å². The third kappa shape index (κ3) is 2.54. The Morgan fingerprint density at radius 2 is 2.33 bits per heavy atom. The van der Waals surface area contributed by atoms with Gasteiger partial charge in [0.1, 0.15) is 4.90 Å². The fourth-order valence-electron chi connectivity index (χ4n) is 2.52. The van der Waals surface area contributed by atoms with E-state index in [1.165, 1.54) is 10.5 Å². The molecule has 1 fully saturated rings. The van der Waals surface area contributed by atoms with Crippen LogP contribution in [0.15, 0.2) is 21.7 Å². The third-order valence-electron chi connectivity index (χ3n) is 3.68. The molecule has 1 atom stereocenters. The number of pyridine rings is 1. The Bertz CT molecular complexity index is 756. The molecule has 0 aliphatic carbocycles. The van der Waals surface area contributed by atoms with Gasteiger partial charge in [-0.25, -0.2) is 13.4 Å². The average Bonchev–Trinajstić information content (AvgIpc) is 2.89. The summed E-state index contributed by atoms with van der Waals surface area (Å²) in [6, 6.07) is 1.76. The van der Waals surface area contributed by atoms with E-state index in [-0.39, 0.29) is 10.9 Å². The lowest BCUT2D eigenvalue weighted by molar-refractivity contribution is 0.310. The average molecular weight is 310 g/mol. The number of sulfonamides is 1. The Labute approximate surface area is 123 Å². The molecule has 114 valence electrons. The number of aryl methyl sites for hydroxylation is 1. The van der Waals surface area contributed by atoms with E-state index in [1.54, 1.807) is 6.07 Å². The van der Waals surface area contributed by atoms with Crippen molar-refractivity contribution < 1.29 is 12.9 Å². The summed E-state index contributed by atoms with van der Waals surface area (Å²) in [6.07, 6.45) is 2.01. The maximum absolute atomic E-state index is 12.7. The minimum Gasteiger partial charge on any atom is -0.336 e. The Balaban J connectivity index is 2.02. The van der Waals surface area contributed by atoms with Crippen LogP contribution in [0.3, 0.4) is 0 Å². The molecule has 1 unspecified atom stereocenters. The molecule has 21 heavy (non-hydrogen) atoms. The number of aromatic nitrogens is 2. The largest absolute Gasteiger partial charge is 0.336 e. The molecule has 0 saturated carbocycles. The van der Waals surface area contributed by atoms with Crippen molar-refractivity contribution in [2.24, 2.45) is 0 Å². The molecule has 0 radical (unpaired) electrons. The van der Waals surface area contributed by atoms with Crippen molar-refractivity contribution in [2.45, 2.75) is 31.2 Å². The summed E-state index contributed by atoms with van der Waals surface area (Å²) >= 11 is 0. The minimum atomic E-state index is -3.53. The van der Waals surface area contributed by atoms with Gasteiger partial charge in [-0.15, -0.1) is 0 Å². The fraction of sp³-hybridized carbons (Fsp3) is 0.538. The molecule has 2 aromatic heterocycles. The molecule has 1 aliphatic rings. The maximum atomic E-state index is 12.7. The highest BCUT2D eigenvalue weighted by Gasteiger charge is 2.29. The summed E-state index contributed by atoms with van der Waals surface area (Å²) in [7, 11) is -3.53. The number of nitrogens with zero attached hydrogens (tertiary/aromatic N) is 3. The Morgan fingerprint density at radius 1 is 1.52 bits per heavy atom. The van der Waals surface area contributed by atoms with Gasteiger partial charge in [0.15, 0.2) is 0 Å². The highest BCUT2D eigenvalue weighted by Crippen LogP contribution is 2.23. The van der Waals surface area contributed by atoms with E-state index in [2.05, 4.69) is 15.5 Å². The lowest BCUT2D eigenvalue weighted by Gasteiger charge is -2.30. The van der Waals surface area contributed by atoms with E-state index in [0.717, 1.165) is 5.69 Å². The Morgan fingerprint density at radius 3 is 3.05 bits per heavy atom. The summed E-state index contributed by atoms with van der Waals surface area (Å²) in [4.78, 5) is 4.28. The molecule has 8 heteroatoms. The first-order chi connectivity index (χ1) is 10.0. The van der Waals surface area contributed by atoms with Crippen LogP contribution in [-0.2, 0) is 16.4 Å². The highest BCUT2D eigenvalue weighted by atomic mass is 32.2. The van der Waals surface area contributed by atoms with Gasteiger partial charge in [-0.3, -0.25) is 0 Å². The number of fused-ring (bicyclic) bond motifs is 1. The van der Waals surface area contributed by atoms with E-state index in [4.69, 9.17) is 4.52 Å². The van der Waals surface area contributed by atoms with E-state index in [1.807, 2.05) is 13.8 Å². The molecule has 0 amide bonds. The van der Waals surface area contributed by atoms with Gasteiger partial charge in [0, 0.05) is 25.7 Å². The van der Waals surface area contributed by atoms with Gasteiger partial charge in [0.2, 0.25) is 10.0 Å². The molecular formula is C13H18N4O3S. The lowest BCUT2D eigenvalue weighted by Crippen LogP contribution is -2.51. The highest BCUT2D eigenvalue weighted by molar-refractivity contribution is 7.89. The van der Waals surface area contributed by atoms with Crippen LogP contribution in [-0.4, -0.2) is 48.5 Å². The van der Waals surface area contributed by atoms with Crippen molar-refractivity contribution in [3.05, 3.63) is 18.0 Å². The zero-order valence-corrected chi connectivity index (χ0v) is 12.9. The number of hydrogen-bond donors (Lipinski definition) is 1. The summed E-state index contributed by atoms with van der Waals surface area (Å²) in [5.74, 6) is 0. The lowest BCUT2D eigenvalue weighted by atomic mass is 10.2. The summed E-state index contributed by atoms with van der Waals surface area (Å²) in [5, 5.41) is 7.81. The molecule has 3 heterocycles. The van der Waals surface area contributed by atoms with Crippen LogP contribution in [0, 0.1) is 0 Å². The predicted molar refractivity (Wildman–Crippen MR) is 77.4 cm³/mol. The van der Waals surface area contributed by atoms with Crippen molar-refractivity contribution in [3.8, 4) is 0 Å². The van der Waals surface area contributed by atoms with E-state index in [9.17, 15) is 8.42 Å². The van der Waals surface area contributed by atoms with Crippen LogP contribution in [0.2, 0.25) is 0 Å². The van der Waals surface area contributed by atoms with Gasteiger partial charge in [-0.2, -0.15) is 4.31 Å². The molecular weight excluding hydrogens is 292 g/mol. The molecule has 0 bridgehead atoms. The monoisotopic (exact) mass is 310 g/mol. The molecule has 7 nitrogen and oxygen atoms in total. The molecule has 3 rings (SSSR count). The molecule has 1 N–H and O–H groups in total. The SMILES string of the molecule is CCc1noc2ncc(S(=O)(=O)N3CCNC(C)C3)cc12. The number of rotatable bonds is 3. The Hall–Kier alpha value is -1.51. The van der Waals surface area contributed by atoms with Gasteiger partial charge in [0.25, 0.3) is 5.71 Å². The third-order valence-corrected chi connectivity index (χ3v) is 5.51. The molecule has 1 aliphatic heterocycles. The van der Waals surface area contributed by atoms with Crippen molar-refractivity contribution in [3.63, 3.8) is 0 Å². The number of hydrogen-bond acceptors (Lipinski definition) is 6. The molecule has 1 saturated heterocycles. The second-order valence-corrected chi connectivity index (χ2v) is 7.16. The second-order valence-electron chi connectivity index (χ2n) is 5.22. The summed E-state index contributed by atoms with van der Waals surface area (Å²) in [6.45, 7) is 5.50. The topological polar surface area (TPSA) is 88.3 Å². The first kappa shape index (κ1) is 14.4. The summed E-state index contributed by atoms with van der Waals surface area (Å²) in [5.41, 5.74) is 1.10. The van der Waals surface area contributed by atoms with Crippen LogP contribution in [0.1, 0.15) is 19.5 Å². The molecule has 0 aromatic carbocycles.